The lowest BCUT2D eigenvalue weighted by Crippen LogP contribution is -2.30. The van der Waals surface area contributed by atoms with Gasteiger partial charge in [0.1, 0.15) is 10.7 Å². The van der Waals surface area contributed by atoms with Gasteiger partial charge in [-0.2, -0.15) is 0 Å². The summed E-state index contributed by atoms with van der Waals surface area (Å²) in [6.07, 6.45) is -0.228. The largest absolute Gasteiger partial charge is 0.481 e. The zero-order valence-electron chi connectivity index (χ0n) is 14.8. The second-order valence-electron chi connectivity index (χ2n) is 6.12. The second-order valence-corrected chi connectivity index (χ2v) is 7.76. The quantitative estimate of drug-likeness (QED) is 0.546. The molecule has 144 valence electrons. The van der Waals surface area contributed by atoms with Gasteiger partial charge in [-0.25, -0.2) is 4.98 Å². The first-order valence-corrected chi connectivity index (χ1v) is 9.98. The predicted octanol–water partition coefficient (Wildman–Crippen LogP) is 5.37. The summed E-state index contributed by atoms with van der Waals surface area (Å²) in [7, 11) is 0. The zero-order valence-corrected chi connectivity index (χ0v) is 17.1. The fourth-order valence-electron chi connectivity index (χ4n) is 2.79. The van der Waals surface area contributed by atoms with Crippen molar-refractivity contribution >= 4 is 46.4 Å². The fraction of sp³-hybridized carbons (Fsp3) is 0.150. The highest BCUT2D eigenvalue weighted by Gasteiger charge is 2.22. The third-order valence-corrected chi connectivity index (χ3v) is 5.86. The van der Waals surface area contributed by atoms with Gasteiger partial charge in [-0.3, -0.25) is 9.59 Å². The Balaban J connectivity index is 1.85. The van der Waals surface area contributed by atoms with Gasteiger partial charge in [-0.15, -0.1) is 11.3 Å². The molecule has 0 radical (unpaired) electrons. The van der Waals surface area contributed by atoms with Gasteiger partial charge in [0.25, 0.3) is 5.91 Å². The van der Waals surface area contributed by atoms with Gasteiger partial charge < -0.3 is 10.4 Å². The molecule has 2 aromatic carbocycles. The van der Waals surface area contributed by atoms with E-state index in [9.17, 15) is 14.7 Å². The van der Waals surface area contributed by atoms with Gasteiger partial charge in [0.05, 0.1) is 22.5 Å². The lowest BCUT2D eigenvalue weighted by Gasteiger charge is -2.18. The van der Waals surface area contributed by atoms with Crippen LogP contribution in [-0.2, 0) is 4.79 Å². The number of carbonyl (C=O) groups is 2. The van der Waals surface area contributed by atoms with Gasteiger partial charge in [-0.1, -0.05) is 59.6 Å². The van der Waals surface area contributed by atoms with Crippen LogP contribution >= 0.6 is 34.5 Å². The second kappa shape index (κ2) is 8.73. The molecule has 0 bridgehead atoms. The van der Waals surface area contributed by atoms with E-state index >= 15 is 0 Å². The van der Waals surface area contributed by atoms with Crippen LogP contribution in [0.5, 0.6) is 0 Å². The Morgan fingerprint density at radius 1 is 1.18 bits per heavy atom. The normalized spacial score (nSPS) is 11.8. The topological polar surface area (TPSA) is 79.3 Å². The third-order valence-electron chi connectivity index (χ3n) is 4.17. The molecule has 1 atom stereocenters. The van der Waals surface area contributed by atoms with E-state index in [1.165, 1.54) is 11.3 Å². The standard InChI is InChI=1S/C20H16Cl2N2O3S/c1-11-5-2-3-6-12(11)15(9-17(25)26)23-19(27)16-10-28-20(24-16)13-7-4-8-14(21)18(13)22/h2-8,10,15H,9H2,1H3,(H,23,27)(H,25,26). The number of rotatable bonds is 6. The summed E-state index contributed by atoms with van der Waals surface area (Å²) in [5.74, 6) is -1.45. The van der Waals surface area contributed by atoms with Crippen LogP contribution in [0.15, 0.2) is 47.8 Å². The average Bonchev–Trinajstić information content (AvgIpc) is 3.13. The number of carboxylic acids is 1. The molecular weight excluding hydrogens is 419 g/mol. The molecule has 1 unspecified atom stereocenters. The monoisotopic (exact) mass is 434 g/mol. The number of benzene rings is 2. The van der Waals surface area contributed by atoms with Crippen LogP contribution in [0, 0.1) is 6.92 Å². The summed E-state index contributed by atoms with van der Waals surface area (Å²) < 4.78 is 0. The summed E-state index contributed by atoms with van der Waals surface area (Å²) in [4.78, 5) is 28.3. The number of aryl methyl sites for hydroxylation is 1. The van der Waals surface area contributed by atoms with Crippen LogP contribution in [-0.4, -0.2) is 22.0 Å². The molecule has 0 aliphatic heterocycles. The highest BCUT2D eigenvalue weighted by Crippen LogP contribution is 2.35. The van der Waals surface area contributed by atoms with E-state index < -0.39 is 17.9 Å². The average molecular weight is 435 g/mol. The summed E-state index contributed by atoms with van der Waals surface area (Å²) in [5.41, 5.74) is 2.49. The SMILES string of the molecule is Cc1ccccc1C(CC(=O)O)NC(=O)c1csc(-c2cccc(Cl)c2Cl)n1. The maximum atomic E-state index is 12.7. The number of hydrogen-bond acceptors (Lipinski definition) is 4. The number of amides is 1. The number of aliphatic carboxylic acids is 1. The van der Waals surface area contributed by atoms with E-state index in [-0.39, 0.29) is 12.1 Å². The molecule has 0 aliphatic rings. The summed E-state index contributed by atoms with van der Waals surface area (Å²) >= 11 is 13.5. The van der Waals surface area contributed by atoms with Crippen molar-refractivity contribution in [2.24, 2.45) is 0 Å². The van der Waals surface area contributed by atoms with Crippen LogP contribution in [0.25, 0.3) is 10.6 Å². The maximum absolute atomic E-state index is 12.7. The van der Waals surface area contributed by atoms with Crippen molar-refractivity contribution in [3.05, 3.63) is 74.7 Å². The summed E-state index contributed by atoms with van der Waals surface area (Å²) in [6.45, 7) is 1.87. The van der Waals surface area contributed by atoms with Crippen LogP contribution in [0.1, 0.15) is 34.1 Å². The number of thiazole rings is 1. The van der Waals surface area contributed by atoms with Crippen LogP contribution in [0.4, 0.5) is 0 Å². The highest BCUT2D eigenvalue weighted by molar-refractivity contribution is 7.13. The van der Waals surface area contributed by atoms with E-state index in [0.29, 0.717) is 20.6 Å². The predicted molar refractivity (Wildman–Crippen MR) is 111 cm³/mol. The molecule has 8 heteroatoms. The Morgan fingerprint density at radius 2 is 1.93 bits per heavy atom. The summed E-state index contributed by atoms with van der Waals surface area (Å²) in [5, 5.41) is 15.0. The molecule has 1 heterocycles. The first-order valence-electron chi connectivity index (χ1n) is 8.35. The molecule has 0 saturated heterocycles. The Hall–Kier alpha value is -2.41. The molecule has 0 aliphatic carbocycles. The van der Waals surface area contributed by atoms with E-state index in [1.54, 1.807) is 29.6 Å². The van der Waals surface area contributed by atoms with Gasteiger partial charge in [0.2, 0.25) is 0 Å². The molecule has 0 spiro atoms. The van der Waals surface area contributed by atoms with Gasteiger partial charge in [0, 0.05) is 10.9 Å². The number of aromatic nitrogens is 1. The van der Waals surface area contributed by atoms with Crippen molar-refractivity contribution in [3.8, 4) is 10.6 Å². The minimum absolute atomic E-state index is 0.194. The van der Waals surface area contributed by atoms with Crippen molar-refractivity contribution in [2.75, 3.05) is 0 Å². The molecule has 2 N–H and O–H groups in total. The van der Waals surface area contributed by atoms with E-state index in [4.69, 9.17) is 23.2 Å². The molecule has 1 aromatic heterocycles. The number of nitrogens with zero attached hydrogens (tertiary/aromatic N) is 1. The van der Waals surface area contributed by atoms with Gasteiger partial charge in [-0.05, 0) is 24.1 Å². The fourth-order valence-corrected chi connectivity index (χ4v) is 4.07. The molecule has 1 amide bonds. The van der Waals surface area contributed by atoms with Gasteiger partial charge in [0.15, 0.2) is 0 Å². The van der Waals surface area contributed by atoms with Crippen molar-refractivity contribution < 1.29 is 14.7 Å². The minimum atomic E-state index is -1.00. The number of halogens is 2. The Morgan fingerprint density at radius 3 is 2.64 bits per heavy atom. The molecule has 5 nitrogen and oxygen atoms in total. The summed E-state index contributed by atoms with van der Waals surface area (Å²) in [6, 6.07) is 11.9. The number of nitrogens with one attached hydrogen (secondary N) is 1. The van der Waals surface area contributed by atoms with Crippen LogP contribution < -0.4 is 5.32 Å². The zero-order chi connectivity index (χ0) is 20.3. The Bertz CT molecular complexity index is 1040. The minimum Gasteiger partial charge on any atom is -0.481 e. The first kappa shape index (κ1) is 20.3. The number of carboxylic acid groups (broad SMARTS) is 1. The van der Waals surface area contributed by atoms with E-state index in [2.05, 4.69) is 10.3 Å². The van der Waals surface area contributed by atoms with Crippen molar-refractivity contribution in [3.63, 3.8) is 0 Å². The van der Waals surface area contributed by atoms with E-state index in [1.807, 2.05) is 25.1 Å². The molecular formula is C20H16Cl2N2O3S. The maximum Gasteiger partial charge on any atom is 0.305 e. The molecule has 3 aromatic rings. The van der Waals surface area contributed by atoms with Crippen molar-refractivity contribution in [2.45, 2.75) is 19.4 Å². The van der Waals surface area contributed by atoms with E-state index in [0.717, 1.165) is 11.1 Å². The van der Waals surface area contributed by atoms with Crippen molar-refractivity contribution in [1.29, 1.82) is 0 Å². The first-order chi connectivity index (χ1) is 13.4. The van der Waals surface area contributed by atoms with Gasteiger partial charge >= 0.3 is 5.97 Å². The smallest absolute Gasteiger partial charge is 0.305 e. The Labute approximate surface area is 176 Å². The third kappa shape index (κ3) is 4.52. The number of hydrogen-bond donors (Lipinski definition) is 2. The molecule has 28 heavy (non-hydrogen) atoms. The van der Waals surface area contributed by atoms with Crippen LogP contribution in [0.3, 0.4) is 0 Å². The number of carbonyl (C=O) groups excluding carboxylic acids is 1. The Kier molecular flexibility index (Phi) is 6.34. The van der Waals surface area contributed by atoms with Crippen LogP contribution in [0.2, 0.25) is 10.0 Å². The molecule has 0 saturated carbocycles. The lowest BCUT2D eigenvalue weighted by atomic mass is 9.98. The molecule has 3 rings (SSSR count). The molecule has 0 fully saturated rings. The van der Waals surface area contributed by atoms with Crippen molar-refractivity contribution in [1.82, 2.24) is 10.3 Å². The highest BCUT2D eigenvalue weighted by atomic mass is 35.5. The lowest BCUT2D eigenvalue weighted by molar-refractivity contribution is -0.137.